The van der Waals surface area contributed by atoms with Gasteiger partial charge < -0.3 is 4.90 Å². The highest BCUT2D eigenvalue weighted by Gasteiger charge is 2.40. The summed E-state index contributed by atoms with van der Waals surface area (Å²) in [6, 6.07) is 7.97. The lowest BCUT2D eigenvalue weighted by Gasteiger charge is -2.24. The van der Waals surface area contributed by atoms with Crippen molar-refractivity contribution < 1.29 is 4.79 Å². The van der Waals surface area contributed by atoms with Crippen molar-refractivity contribution in [2.24, 2.45) is 0 Å². The number of halogens is 1. The monoisotopic (exact) mass is 257 g/mol. The Kier molecular flexibility index (Phi) is 2.12. The molecule has 0 fully saturated rings. The van der Waals surface area contributed by atoms with E-state index in [0.29, 0.717) is 0 Å². The van der Waals surface area contributed by atoms with Gasteiger partial charge in [0.2, 0.25) is 3.78 Å². The normalized spacial score (nSPS) is 25.8. The zero-order valence-corrected chi connectivity index (χ0v) is 9.43. The Hall–Kier alpha value is -0.480. The predicted molar refractivity (Wildman–Crippen MR) is 58.4 cm³/mol. The molecule has 1 aliphatic heterocycles. The van der Waals surface area contributed by atoms with E-state index in [2.05, 4.69) is 15.9 Å². The molecule has 0 aliphatic carbocycles. The predicted octanol–water partition coefficient (Wildman–Crippen LogP) is 2.48. The second-order valence-electron chi connectivity index (χ2n) is 2.86. The SMILES string of the molecule is CN1c2ccccc2SC1(Br)C=O. The van der Waals surface area contributed by atoms with Gasteiger partial charge in [0, 0.05) is 11.9 Å². The Morgan fingerprint density at radius 2 is 2.23 bits per heavy atom. The van der Waals surface area contributed by atoms with E-state index in [0.717, 1.165) is 16.9 Å². The van der Waals surface area contributed by atoms with E-state index in [-0.39, 0.29) is 0 Å². The summed E-state index contributed by atoms with van der Waals surface area (Å²) in [5.41, 5.74) is 1.09. The average Bonchev–Trinajstić information content (AvgIpc) is 2.41. The Labute approximate surface area is 89.4 Å². The summed E-state index contributed by atoms with van der Waals surface area (Å²) < 4.78 is -0.614. The van der Waals surface area contributed by atoms with Crippen LogP contribution in [0, 0.1) is 0 Å². The van der Waals surface area contributed by atoms with E-state index in [4.69, 9.17) is 0 Å². The molecule has 0 aromatic heterocycles. The Morgan fingerprint density at radius 1 is 1.54 bits per heavy atom. The van der Waals surface area contributed by atoms with Crippen molar-refractivity contribution in [2.75, 3.05) is 11.9 Å². The number of carbonyl (C=O) groups excluding carboxylic acids is 1. The van der Waals surface area contributed by atoms with E-state index in [1.165, 1.54) is 11.8 Å². The number of benzene rings is 1. The number of hydrogen-bond acceptors (Lipinski definition) is 3. The number of thioether (sulfide) groups is 1. The fourth-order valence-electron chi connectivity index (χ4n) is 1.31. The second-order valence-corrected chi connectivity index (χ2v) is 5.86. The maximum absolute atomic E-state index is 10.9. The van der Waals surface area contributed by atoms with Crippen molar-refractivity contribution in [1.82, 2.24) is 0 Å². The molecule has 1 aromatic rings. The molecule has 1 unspecified atom stereocenters. The summed E-state index contributed by atoms with van der Waals surface area (Å²) in [6.45, 7) is 0. The molecule has 0 radical (unpaired) electrons. The number of hydrogen-bond donors (Lipinski definition) is 0. The second kappa shape index (κ2) is 3.03. The minimum absolute atomic E-state index is 0.614. The number of para-hydroxylation sites is 1. The van der Waals surface area contributed by atoms with Gasteiger partial charge in [-0.3, -0.25) is 4.79 Å². The van der Waals surface area contributed by atoms with Crippen molar-refractivity contribution in [3.63, 3.8) is 0 Å². The van der Waals surface area contributed by atoms with Crippen LogP contribution < -0.4 is 4.90 Å². The van der Waals surface area contributed by atoms with Gasteiger partial charge in [-0.05, 0) is 28.1 Å². The van der Waals surface area contributed by atoms with Crippen LogP contribution in [0.5, 0.6) is 0 Å². The summed E-state index contributed by atoms with van der Waals surface area (Å²) in [5.74, 6) is 0. The van der Waals surface area contributed by atoms with Gasteiger partial charge in [0.25, 0.3) is 0 Å². The molecule has 1 aliphatic rings. The highest BCUT2D eigenvalue weighted by Crippen LogP contribution is 2.51. The van der Waals surface area contributed by atoms with Gasteiger partial charge in [-0.1, -0.05) is 23.9 Å². The molecule has 4 heteroatoms. The number of likely N-dealkylation sites (N-methyl/N-ethyl adjacent to an activating group) is 1. The number of nitrogens with zero attached hydrogens (tertiary/aromatic N) is 1. The van der Waals surface area contributed by atoms with Gasteiger partial charge in [-0.15, -0.1) is 0 Å². The first kappa shape index (κ1) is 9.09. The van der Waals surface area contributed by atoms with Crippen LogP contribution in [-0.4, -0.2) is 17.1 Å². The van der Waals surface area contributed by atoms with Gasteiger partial charge in [-0.2, -0.15) is 0 Å². The standard InChI is InChI=1S/C9H8BrNOS/c1-11-7-4-2-3-5-8(7)13-9(11,10)6-12/h2-6H,1H3. The largest absolute Gasteiger partial charge is 0.344 e. The number of alkyl halides is 1. The average molecular weight is 258 g/mol. The molecular formula is C9H8BrNOS. The molecule has 13 heavy (non-hydrogen) atoms. The van der Waals surface area contributed by atoms with Crippen LogP contribution in [0.25, 0.3) is 0 Å². The van der Waals surface area contributed by atoms with Crippen molar-refractivity contribution in [1.29, 1.82) is 0 Å². The number of rotatable bonds is 1. The van der Waals surface area contributed by atoms with Crippen LogP contribution in [0.2, 0.25) is 0 Å². The molecule has 0 spiro atoms. The Bertz CT molecular complexity index is 357. The van der Waals surface area contributed by atoms with Gasteiger partial charge in [-0.25, -0.2) is 0 Å². The maximum Gasteiger partial charge on any atom is 0.203 e. The molecule has 0 saturated heterocycles. The van der Waals surface area contributed by atoms with Crippen molar-refractivity contribution in [3.05, 3.63) is 24.3 Å². The van der Waals surface area contributed by atoms with Gasteiger partial charge in [0.15, 0.2) is 6.29 Å². The molecule has 2 nitrogen and oxygen atoms in total. The first-order valence-electron chi connectivity index (χ1n) is 3.84. The fourth-order valence-corrected chi connectivity index (χ4v) is 3.07. The van der Waals surface area contributed by atoms with E-state index in [9.17, 15) is 4.79 Å². The summed E-state index contributed by atoms with van der Waals surface area (Å²) in [7, 11) is 1.90. The summed E-state index contributed by atoms with van der Waals surface area (Å²) in [6.07, 6.45) is 0.914. The lowest BCUT2D eigenvalue weighted by Crippen LogP contribution is -2.35. The summed E-state index contributed by atoms with van der Waals surface area (Å²) in [4.78, 5) is 14.0. The quantitative estimate of drug-likeness (QED) is 0.438. The van der Waals surface area contributed by atoms with E-state index < -0.39 is 3.78 Å². The molecule has 0 N–H and O–H groups in total. The minimum Gasteiger partial charge on any atom is -0.344 e. The van der Waals surface area contributed by atoms with Crippen molar-refractivity contribution in [3.8, 4) is 0 Å². The van der Waals surface area contributed by atoms with Crippen LogP contribution in [-0.2, 0) is 4.79 Å². The highest BCUT2D eigenvalue weighted by atomic mass is 79.9. The van der Waals surface area contributed by atoms with E-state index in [1.807, 2.05) is 36.2 Å². The van der Waals surface area contributed by atoms with Crippen LogP contribution >= 0.6 is 27.7 Å². The number of carbonyl (C=O) groups is 1. The topological polar surface area (TPSA) is 20.3 Å². The number of fused-ring (bicyclic) bond motifs is 1. The smallest absolute Gasteiger partial charge is 0.203 e. The lowest BCUT2D eigenvalue weighted by atomic mass is 10.3. The molecule has 1 aromatic carbocycles. The molecule has 0 saturated carbocycles. The molecular weight excluding hydrogens is 250 g/mol. The zero-order valence-electron chi connectivity index (χ0n) is 7.03. The first-order valence-corrected chi connectivity index (χ1v) is 5.45. The molecule has 68 valence electrons. The first-order chi connectivity index (χ1) is 6.17. The van der Waals surface area contributed by atoms with Crippen LogP contribution in [0.4, 0.5) is 5.69 Å². The zero-order chi connectivity index (χ0) is 9.47. The fraction of sp³-hybridized carbons (Fsp3) is 0.222. The number of anilines is 1. The van der Waals surface area contributed by atoms with E-state index >= 15 is 0 Å². The van der Waals surface area contributed by atoms with E-state index in [1.54, 1.807) is 0 Å². The molecule has 0 amide bonds. The lowest BCUT2D eigenvalue weighted by molar-refractivity contribution is -0.107. The molecule has 2 rings (SSSR count). The molecule has 0 bridgehead atoms. The summed E-state index contributed by atoms with van der Waals surface area (Å²) in [5, 5.41) is 0. The minimum atomic E-state index is -0.614. The summed E-state index contributed by atoms with van der Waals surface area (Å²) >= 11 is 4.93. The number of aldehydes is 1. The Balaban J connectivity index is 2.49. The van der Waals surface area contributed by atoms with Crippen molar-refractivity contribution >= 4 is 39.7 Å². The van der Waals surface area contributed by atoms with Crippen LogP contribution in [0.1, 0.15) is 0 Å². The van der Waals surface area contributed by atoms with Gasteiger partial charge >= 0.3 is 0 Å². The highest BCUT2D eigenvalue weighted by molar-refractivity contribution is 9.12. The van der Waals surface area contributed by atoms with Gasteiger partial charge in [0.05, 0.1) is 5.69 Å². The third-order valence-corrected chi connectivity index (χ3v) is 4.51. The van der Waals surface area contributed by atoms with Crippen LogP contribution in [0.15, 0.2) is 29.2 Å². The molecule has 1 atom stereocenters. The van der Waals surface area contributed by atoms with Crippen LogP contribution in [0.3, 0.4) is 0 Å². The van der Waals surface area contributed by atoms with Gasteiger partial charge in [0.1, 0.15) is 0 Å². The third kappa shape index (κ3) is 1.28. The Morgan fingerprint density at radius 3 is 2.85 bits per heavy atom. The molecule has 1 heterocycles. The third-order valence-electron chi connectivity index (χ3n) is 2.08. The van der Waals surface area contributed by atoms with Crippen molar-refractivity contribution in [2.45, 2.75) is 8.68 Å². The maximum atomic E-state index is 10.9.